The first kappa shape index (κ1) is 19.8. The molecule has 0 aliphatic heterocycles. The van der Waals surface area contributed by atoms with Gasteiger partial charge in [0.15, 0.2) is 23.0 Å². The average Bonchev–Trinajstić information content (AvgIpc) is 2.70. The lowest BCUT2D eigenvalue weighted by atomic mass is 10.2. The summed E-state index contributed by atoms with van der Waals surface area (Å²) < 4.78 is 21.2. The standard InChI is InChI=1S/C20H22N2O5/c1-24-16-10-4-5-11-17(16)27-14-7-6-13-21-20(23)22-15-9-8-12-18(25-2)19(15)26-3/h4-5,8-12H,13-14H2,1-3H3,(H2,21,22,23). The quantitative estimate of drug-likeness (QED) is 0.733. The van der Waals surface area contributed by atoms with E-state index in [9.17, 15) is 4.79 Å². The van der Waals surface area contributed by atoms with Crippen molar-refractivity contribution in [1.29, 1.82) is 0 Å². The Kier molecular flexibility index (Phi) is 7.67. The Morgan fingerprint density at radius 1 is 0.889 bits per heavy atom. The number of hydrogen-bond donors (Lipinski definition) is 2. The first-order valence-electron chi connectivity index (χ1n) is 8.17. The van der Waals surface area contributed by atoms with Crippen LogP contribution < -0.4 is 29.6 Å². The fraction of sp³-hybridized carbons (Fsp3) is 0.250. The molecule has 2 aromatic rings. The van der Waals surface area contributed by atoms with Crippen molar-refractivity contribution < 1.29 is 23.7 Å². The average molecular weight is 370 g/mol. The van der Waals surface area contributed by atoms with Crippen molar-refractivity contribution in [2.45, 2.75) is 0 Å². The molecule has 0 saturated heterocycles. The normalized spacial score (nSPS) is 9.44. The van der Waals surface area contributed by atoms with Gasteiger partial charge in [-0.25, -0.2) is 4.79 Å². The number of para-hydroxylation sites is 3. The zero-order chi connectivity index (χ0) is 19.5. The number of carbonyl (C=O) groups excluding carboxylic acids is 1. The van der Waals surface area contributed by atoms with Crippen molar-refractivity contribution in [1.82, 2.24) is 5.32 Å². The van der Waals surface area contributed by atoms with Gasteiger partial charge in [-0.15, -0.1) is 0 Å². The molecule has 0 saturated carbocycles. The molecule has 0 aromatic heterocycles. The molecule has 0 radical (unpaired) electrons. The Balaban J connectivity index is 1.80. The SMILES string of the molecule is COc1ccccc1OCC#CCNC(=O)Nc1cccc(OC)c1OC. The molecule has 0 heterocycles. The maximum Gasteiger partial charge on any atom is 0.320 e. The smallest absolute Gasteiger partial charge is 0.320 e. The number of anilines is 1. The Morgan fingerprint density at radius 2 is 1.59 bits per heavy atom. The molecule has 2 rings (SSSR count). The monoisotopic (exact) mass is 370 g/mol. The minimum absolute atomic E-state index is 0.174. The molecule has 2 aromatic carbocycles. The molecule has 0 unspecified atom stereocenters. The second kappa shape index (κ2) is 10.5. The van der Waals surface area contributed by atoms with Gasteiger partial charge in [-0.1, -0.05) is 30.0 Å². The third-order valence-electron chi connectivity index (χ3n) is 3.48. The number of amides is 2. The highest BCUT2D eigenvalue weighted by Gasteiger charge is 2.11. The van der Waals surface area contributed by atoms with Gasteiger partial charge in [0.05, 0.1) is 33.6 Å². The summed E-state index contributed by atoms with van der Waals surface area (Å²) in [5.41, 5.74) is 0.502. The van der Waals surface area contributed by atoms with Gasteiger partial charge in [0.2, 0.25) is 0 Å². The van der Waals surface area contributed by atoms with Gasteiger partial charge in [-0.3, -0.25) is 0 Å². The highest BCUT2D eigenvalue weighted by Crippen LogP contribution is 2.34. The van der Waals surface area contributed by atoms with Crippen LogP contribution in [0.25, 0.3) is 0 Å². The molecular formula is C20H22N2O5. The molecule has 0 fully saturated rings. The van der Waals surface area contributed by atoms with Crippen LogP contribution in [0.15, 0.2) is 42.5 Å². The zero-order valence-corrected chi connectivity index (χ0v) is 15.5. The summed E-state index contributed by atoms with van der Waals surface area (Å²) >= 11 is 0. The van der Waals surface area contributed by atoms with Crippen LogP contribution in [0.1, 0.15) is 0 Å². The minimum atomic E-state index is -0.401. The second-order valence-corrected chi connectivity index (χ2v) is 5.14. The number of methoxy groups -OCH3 is 3. The van der Waals surface area contributed by atoms with Crippen molar-refractivity contribution >= 4 is 11.7 Å². The molecule has 0 aliphatic carbocycles. The molecule has 142 valence electrons. The molecular weight excluding hydrogens is 348 g/mol. The molecule has 7 nitrogen and oxygen atoms in total. The first-order chi connectivity index (χ1) is 13.2. The lowest BCUT2D eigenvalue weighted by molar-refractivity contribution is 0.253. The van der Waals surface area contributed by atoms with Crippen LogP contribution in [-0.2, 0) is 0 Å². The van der Waals surface area contributed by atoms with Gasteiger partial charge in [-0.2, -0.15) is 0 Å². The van der Waals surface area contributed by atoms with E-state index >= 15 is 0 Å². The van der Waals surface area contributed by atoms with Gasteiger partial charge < -0.3 is 29.6 Å². The molecule has 7 heteroatoms. The van der Waals surface area contributed by atoms with Gasteiger partial charge in [0, 0.05) is 0 Å². The zero-order valence-electron chi connectivity index (χ0n) is 15.5. The lowest BCUT2D eigenvalue weighted by Crippen LogP contribution is -2.29. The minimum Gasteiger partial charge on any atom is -0.493 e. The molecule has 0 aliphatic rings. The van der Waals surface area contributed by atoms with Crippen molar-refractivity contribution in [2.75, 3.05) is 39.8 Å². The maximum absolute atomic E-state index is 12.0. The summed E-state index contributed by atoms with van der Waals surface area (Å²) in [5.74, 6) is 7.89. The number of carbonyl (C=O) groups is 1. The number of urea groups is 1. The third kappa shape index (κ3) is 5.75. The first-order valence-corrected chi connectivity index (χ1v) is 8.17. The van der Waals surface area contributed by atoms with E-state index < -0.39 is 6.03 Å². The Morgan fingerprint density at radius 3 is 2.30 bits per heavy atom. The van der Waals surface area contributed by atoms with E-state index in [4.69, 9.17) is 18.9 Å². The highest BCUT2D eigenvalue weighted by atomic mass is 16.5. The maximum atomic E-state index is 12.0. The van der Waals surface area contributed by atoms with Crippen LogP contribution in [0.4, 0.5) is 10.5 Å². The highest BCUT2D eigenvalue weighted by molar-refractivity contribution is 5.91. The number of benzene rings is 2. The van der Waals surface area contributed by atoms with Gasteiger partial charge in [0.25, 0.3) is 0 Å². The predicted molar refractivity (Wildman–Crippen MR) is 103 cm³/mol. The molecule has 0 spiro atoms. The fourth-order valence-corrected chi connectivity index (χ4v) is 2.24. The number of ether oxygens (including phenoxy) is 4. The van der Waals surface area contributed by atoms with Crippen molar-refractivity contribution in [2.24, 2.45) is 0 Å². The predicted octanol–water partition coefficient (Wildman–Crippen LogP) is 2.92. The Labute approximate surface area is 158 Å². The Hall–Kier alpha value is -3.53. The molecule has 0 bridgehead atoms. The lowest BCUT2D eigenvalue weighted by Gasteiger charge is -2.13. The van der Waals surface area contributed by atoms with E-state index in [1.165, 1.54) is 14.2 Å². The van der Waals surface area contributed by atoms with Crippen LogP contribution >= 0.6 is 0 Å². The van der Waals surface area contributed by atoms with Crippen molar-refractivity contribution in [3.8, 4) is 34.8 Å². The number of hydrogen-bond acceptors (Lipinski definition) is 5. The summed E-state index contributed by atoms with van der Waals surface area (Å²) in [5, 5.41) is 5.34. The van der Waals surface area contributed by atoms with Crippen molar-refractivity contribution in [3.63, 3.8) is 0 Å². The Bertz CT molecular complexity index is 827. The fourth-order valence-electron chi connectivity index (χ4n) is 2.24. The van der Waals surface area contributed by atoms with Crippen LogP contribution in [0, 0.1) is 11.8 Å². The number of rotatable bonds is 7. The van der Waals surface area contributed by atoms with Gasteiger partial charge in [0.1, 0.15) is 6.61 Å². The summed E-state index contributed by atoms with van der Waals surface area (Å²) in [4.78, 5) is 12.0. The van der Waals surface area contributed by atoms with E-state index in [2.05, 4.69) is 22.5 Å². The van der Waals surface area contributed by atoms with E-state index in [1.54, 1.807) is 31.4 Å². The number of nitrogens with one attached hydrogen (secondary N) is 2. The largest absolute Gasteiger partial charge is 0.493 e. The van der Waals surface area contributed by atoms with Gasteiger partial charge in [-0.05, 0) is 24.3 Å². The van der Waals surface area contributed by atoms with Crippen LogP contribution in [0.5, 0.6) is 23.0 Å². The van der Waals surface area contributed by atoms with Crippen LogP contribution in [0.2, 0.25) is 0 Å². The van der Waals surface area contributed by atoms with E-state index in [0.717, 1.165) is 0 Å². The van der Waals surface area contributed by atoms with Crippen LogP contribution in [0.3, 0.4) is 0 Å². The summed E-state index contributed by atoms with van der Waals surface area (Å²) in [7, 11) is 4.62. The van der Waals surface area contributed by atoms with Gasteiger partial charge >= 0.3 is 6.03 Å². The molecule has 2 N–H and O–H groups in total. The third-order valence-corrected chi connectivity index (χ3v) is 3.48. The van der Waals surface area contributed by atoms with E-state index in [-0.39, 0.29) is 13.2 Å². The summed E-state index contributed by atoms with van der Waals surface area (Å²) in [6, 6.07) is 12.1. The van der Waals surface area contributed by atoms with E-state index in [1.807, 2.05) is 18.2 Å². The van der Waals surface area contributed by atoms with E-state index in [0.29, 0.717) is 28.7 Å². The summed E-state index contributed by atoms with van der Waals surface area (Å²) in [6.07, 6.45) is 0. The molecule has 2 amide bonds. The molecule has 27 heavy (non-hydrogen) atoms. The molecule has 0 atom stereocenters. The van der Waals surface area contributed by atoms with Crippen molar-refractivity contribution in [3.05, 3.63) is 42.5 Å². The topological polar surface area (TPSA) is 78.1 Å². The second-order valence-electron chi connectivity index (χ2n) is 5.14. The summed E-state index contributed by atoms with van der Waals surface area (Å²) in [6.45, 7) is 0.362. The van der Waals surface area contributed by atoms with Crippen LogP contribution in [-0.4, -0.2) is 40.5 Å².